The molecule has 2 aliphatic heterocycles. The second-order valence-corrected chi connectivity index (χ2v) is 10.6. The second-order valence-electron chi connectivity index (χ2n) is 9.45. The number of H-pyrrole nitrogens is 1. The van der Waals surface area contributed by atoms with Crippen molar-refractivity contribution in [2.45, 2.75) is 32.5 Å². The molecule has 2 unspecified atom stereocenters. The molecule has 0 radical (unpaired) electrons. The molecular weight excluding hydrogens is 451 g/mol. The average molecular weight is 481 g/mol. The van der Waals surface area contributed by atoms with E-state index >= 15 is 0 Å². The Morgan fingerprint density at radius 3 is 2.71 bits per heavy atom. The molecule has 7 nitrogen and oxygen atoms in total. The fourth-order valence-corrected chi connectivity index (χ4v) is 6.41. The lowest BCUT2D eigenvalue weighted by molar-refractivity contribution is 0.122. The molecule has 2 aliphatic rings. The zero-order chi connectivity index (χ0) is 23.2. The quantitative estimate of drug-likeness (QED) is 0.460. The van der Waals surface area contributed by atoms with Gasteiger partial charge in [-0.1, -0.05) is 0 Å². The Balaban J connectivity index is 1.44. The van der Waals surface area contributed by atoms with Crippen LogP contribution in [-0.2, 0) is 11.3 Å². The van der Waals surface area contributed by atoms with E-state index < -0.39 is 0 Å². The standard InChI is InChI=1S/C25H29FN6OS/c1-15-12-31(13-16(2)28-15)14-18-11-22-23(34-18)25(32-5-7-33-8-6-32)30-24(29-22)20-9-17(26)10-21-19(20)3-4-27-21/h3-4,9-11,15-16,27-28H,5-8,12-14H2,1-2H3. The molecule has 0 amide bonds. The van der Waals surface area contributed by atoms with Crippen LogP contribution in [0.4, 0.5) is 10.2 Å². The van der Waals surface area contributed by atoms with Crippen LogP contribution < -0.4 is 10.2 Å². The number of piperazine rings is 1. The topological polar surface area (TPSA) is 69.3 Å². The summed E-state index contributed by atoms with van der Waals surface area (Å²) < 4.78 is 21.1. The van der Waals surface area contributed by atoms with Gasteiger partial charge in [-0.25, -0.2) is 14.4 Å². The number of fused-ring (bicyclic) bond motifs is 2. The van der Waals surface area contributed by atoms with Crippen molar-refractivity contribution in [3.63, 3.8) is 0 Å². The summed E-state index contributed by atoms with van der Waals surface area (Å²) in [5.41, 5.74) is 2.39. The summed E-state index contributed by atoms with van der Waals surface area (Å²) in [5, 5.41) is 4.53. The second kappa shape index (κ2) is 8.88. The van der Waals surface area contributed by atoms with Gasteiger partial charge in [0.2, 0.25) is 0 Å². The van der Waals surface area contributed by atoms with Crippen molar-refractivity contribution in [1.29, 1.82) is 0 Å². The molecule has 2 fully saturated rings. The molecule has 4 aromatic rings. The van der Waals surface area contributed by atoms with Crippen molar-refractivity contribution in [3.8, 4) is 11.4 Å². The van der Waals surface area contributed by atoms with Crippen LogP contribution in [0.3, 0.4) is 0 Å². The summed E-state index contributed by atoms with van der Waals surface area (Å²) in [6.07, 6.45) is 1.83. The summed E-state index contributed by atoms with van der Waals surface area (Å²) in [4.78, 5) is 19.1. The average Bonchev–Trinajstić information content (AvgIpc) is 3.44. The minimum Gasteiger partial charge on any atom is -0.378 e. The Morgan fingerprint density at radius 2 is 1.91 bits per heavy atom. The number of nitrogens with zero attached hydrogens (tertiary/aromatic N) is 4. The molecule has 2 N–H and O–H groups in total. The van der Waals surface area contributed by atoms with E-state index in [-0.39, 0.29) is 5.82 Å². The number of ether oxygens (including phenoxy) is 1. The highest BCUT2D eigenvalue weighted by molar-refractivity contribution is 7.19. The van der Waals surface area contributed by atoms with Gasteiger partial charge in [0.25, 0.3) is 0 Å². The summed E-state index contributed by atoms with van der Waals surface area (Å²) in [5.74, 6) is 1.19. The van der Waals surface area contributed by atoms with Crippen molar-refractivity contribution in [2.75, 3.05) is 44.3 Å². The normalized spacial score (nSPS) is 22.1. The zero-order valence-corrected chi connectivity index (χ0v) is 20.3. The molecule has 9 heteroatoms. The molecule has 6 rings (SSSR count). The van der Waals surface area contributed by atoms with Crippen molar-refractivity contribution < 1.29 is 9.13 Å². The third kappa shape index (κ3) is 4.17. The largest absolute Gasteiger partial charge is 0.378 e. The number of aromatic amines is 1. The molecule has 5 heterocycles. The molecular formula is C25H29FN6OS. The molecule has 0 spiro atoms. The van der Waals surface area contributed by atoms with Crippen LogP contribution >= 0.6 is 11.3 Å². The van der Waals surface area contributed by atoms with Gasteiger partial charge in [0.1, 0.15) is 5.82 Å². The lowest BCUT2D eigenvalue weighted by Gasteiger charge is -2.35. The van der Waals surface area contributed by atoms with Crippen molar-refractivity contribution in [2.24, 2.45) is 0 Å². The first kappa shape index (κ1) is 21.9. The van der Waals surface area contributed by atoms with Gasteiger partial charge < -0.3 is 19.9 Å². The first-order valence-electron chi connectivity index (χ1n) is 11.9. The number of anilines is 1. The van der Waals surface area contributed by atoms with E-state index in [9.17, 15) is 4.39 Å². The lowest BCUT2D eigenvalue weighted by Crippen LogP contribution is -2.53. The third-order valence-corrected chi connectivity index (χ3v) is 7.71. The molecule has 0 saturated carbocycles. The first-order chi connectivity index (χ1) is 16.5. The molecule has 0 aliphatic carbocycles. The Hall–Kier alpha value is -2.59. The Morgan fingerprint density at radius 1 is 1.12 bits per heavy atom. The maximum atomic E-state index is 14.4. The number of halogens is 1. The highest BCUT2D eigenvalue weighted by Gasteiger charge is 2.24. The molecule has 178 valence electrons. The fourth-order valence-electron chi connectivity index (χ4n) is 5.26. The highest BCUT2D eigenvalue weighted by atomic mass is 32.1. The SMILES string of the molecule is CC1CN(Cc2cc3nc(-c4cc(F)cc5[nH]ccc45)nc(N4CCOCC4)c3s2)CC(C)N1. The first-order valence-corrected chi connectivity index (χ1v) is 12.7. The minimum absolute atomic E-state index is 0.297. The number of benzene rings is 1. The number of thiophene rings is 1. The number of morpholine rings is 1. The highest BCUT2D eigenvalue weighted by Crippen LogP contribution is 2.36. The summed E-state index contributed by atoms with van der Waals surface area (Å²) in [6, 6.07) is 8.16. The van der Waals surface area contributed by atoms with E-state index in [0.29, 0.717) is 36.7 Å². The molecule has 2 saturated heterocycles. The van der Waals surface area contributed by atoms with Crippen LogP contribution in [-0.4, -0.2) is 71.3 Å². The predicted molar refractivity (Wildman–Crippen MR) is 135 cm³/mol. The number of aromatic nitrogens is 3. The van der Waals surface area contributed by atoms with E-state index in [4.69, 9.17) is 14.7 Å². The van der Waals surface area contributed by atoms with Gasteiger partial charge in [-0.3, -0.25) is 4.90 Å². The van der Waals surface area contributed by atoms with Crippen LogP contribution in [0.5, 0.6) is 0 Å². The maximum absolute atomic E-state index is 14.4. The van der Waals surface area contributed by atoms with Crippen LogP contribution in [0, 0.1) is 5.82 Å². The van der Waals surface area contributed by atoms with Crippen molar-refractivity contribution in [1.82, 2.24) is 25.2 Å². The van der Waals surface area contributed by atoms with Crippen LogP contribution in [0.2, 0.25) is 0 Å². The van der Waals surface area contributed by atoms with Gasteiger partial charge in [-0.05, 0) is 38.1 Å². The number of hydrogen-bond acceptors (Lipinski definition) is 7. The fraction of sp³-hybridized carbons (Fsp3) is 0.440. The summed E-state index contributed by atoms with van der Waals surface area (Å²) in [7, 11) is 0. The van der Waals surface area contributed by atoms with Gasteiger partial charge >= 0.3 is 0 Å². The van der Waals surface area contributed by atoms with Crippen LogP contribution in [0.25, 0.3) is 32.5 Å². The molecule has 34 heavy (non-hydrogen) atoms. The van der Waals surface area contributed by atoms with Gasteiger partial charge in [-0.2, -0.15) is 0 Å². The molecule has 2 atom stereocenters. The smallest absolute Gasteiger partial charge is 0.163 e. The van der Waals surface area contributed by atoms with Crippen LogP contribution in [0.15, 0.2) is 30.5 Å². The molecule has 1 aromatic carbocycles. The van der Waals surface area contributed by atoms with Crippen LogP contribution in [0.1, 0.15) is 18.7 Å². The third-order valence-electron chi connectivity index (χ3n) is 6.60. The maximum Gasteiger partial charge on any atom is 0.163 e. The van der Waals surface area contributed by atoms with E-state index in [1.165, 1.54) is 17.0 Å². The molecule has 0 bridgehead atoms. The van der Waals surface area contributed by atoms with Gasteiger partial charge in [-0.15, -0.1) is 11.3 Å². The molecule has 3 aromatic heterocycles. The Labute approximate surface area is 201 Å². The van der Waals surface area contributed by atoms with Gasteiger partial charge in [0.15, 0.2) is 11.6 Å². The number of rotatable bonds is 4. The summed E-state index contributed by atoms with van der Waals surface area (Å²) in [6.45, 7) is 10.4. The number of nitrogens with one attached hydrogen (secondary N) is 2. The van der Waals surface area contributed by atoms with E-state index in [2.05, 4.69) is 40.0 Å². The van der Waals surface area contributed by atoms with Gasteiger partial charge in [0.05, 0.1) is 23.4 Å². The van der Waals surface area contributed by atoms with E-state index in [0.717, 1.165) is 59.7 Å². The van der Waals surface area contributed by atoms with Gasteiger partial charge in [0, 0.05) is 72.3 Å². The minimum atomic E-state index is -0.297. The number of hydrogen-bond donors (Lipinski definition) is 2. The lowest BCUT2D eigenvalue weighted by atomic mass is 10.1. The predicted octanol–water partition coefficient (Wildman–Crippen LogP) is 4.00. The zero-order valence-electron chi connectivity index (χ0n) is 19.5. The van der Waals surface area contributed by atoms with Crippen molar-refractivity contribution in [3.05, 3.63) is 41.2 Å². The Kier molecular flexibility index (Phi) is 5.73. The van der Waals surface area contributed by atoms with E-state index in [1.807, 2.05) is 12.3 Å². The monoisotopic (exact) mass is 480 g/mol. The summed E-state index contributed by atoms with van der Waals surface area (Å²) >= 11 is 1.78. The Bertz CT molecular complexity index is 1320. The van der Waals surface area contributed by atoms with Crippen molar-refractivity contribution >= 4 is 38.3 Å². The van der Waals surface area contributed by atoms with E-state index in [1.54, 1.807) is 11.3 Å².